The molecule has 3 rings (SSSR count). The molecule has 1 aliphatic heterocycles. The maximum Gasteiger partial charge on any atom is 0.123 e. The first-order chi connectivity index (χ1) is 10.0. The molecule has 0 saturated carbocycles. The molecule has 1 N–H and O–H groups in total. The molecule has 1 aliphatic rings. The van der Waals surface area contributed by atoms with Gasteiger partial charge in [0.2, 0.25) is 0 Å². The van der Waals surface area contributed by atoms with Gasteiger partial charge in [-0.25, -0.2) is 4.39 Å². The second-order valence-electron chi connectivity index (χ2n) is 5.81. The van der Waals surface area contributed by atoms with Crippen LogP contribution in [0.25, 0.3) is 0 Å². The Morgan fingerprint density at radius 1 is 1.29 bits per heavy atom. The maximum absolute atomic E-state index is 12.9. The number of halogens is 1. The summed E-state index contributed by atoms with van der Waals surface area (Å²) in [6, 6.07) is 8.51. The summed E-state index contributed by atoms with van der Waals surface area (Å²) in [6.07, 6.45) is -0.577. The minimum Gasteiger partial charge on any atom is -0.387 e. The summed E-state index contributed by atoms with van der Waals surface area (Å²) in [5.41, 5.74) is 2.97. The fraction of sp³-hybridized carbons (Fsp3) is 0.438. The molecule has 1 saturated heterocycles. The van der Waals surface area contributed by atoms with Crippen molar-refractivity contribution in [2.45, 2.75) is 26.0 Å². The third kappa shape index (κ3) is 2.99. The van der Waals surface area contributed by atoms with Crippen molar-refractivity contribution in [2.24, 2.45) is 0 Å². The van der Waals surface area contributed by atoms with Crippen LogP contribution in [0.3, 0.4) is 0 Å². The first-order valence-corrected chi connectivity index (χ1v) is 7.21. The second kappa shape index (κ2) is 5.58. The Morgan fingerprint density at radius 3 is 2.52 bits per heavy atom. The monoisotopic (exact) mass is 289 g/mol. The molecule has 2 aromatic rings. The molecule has 1 fully saturated rings. The standard InChI is InChI=1S/C16H20FN3O/c1-11-7-12(2)20(18-11)15-8-19(9-15)10-16(21)13-3-5-14(17)6-4-13/h3-7,15-16,21H,8-10H2,1-2H3. The zero-order valence-electron chi connectivity index (χ0n) is 12.3. The predicted octanol–water partition coefficient (Wildman–Crippen LogP) is 2.23. The van der Waals surface area contributed by atoms with Gasteiger partial charge in [0.25, 0.3) is 0 Å². The average molecular weight is 289 g/mol. The topological polar surface area (TPSA) is 41.3 Å². The number of rotatable bonds is 4. The van der Waals surface area contributed by atoms with E-state index in [0.29, 0.717) is 12.6 Å². The largest absolute Gasteiger partial charge is 0.387 e. The van der Waals surface area contributed by atoms with Gasteiger partial charge in [0, 0.05) is 25.3 Å². The van der Waals surface area contributed by atoms with Gasteiger partial charge in [0.05, 0.1) is 17.8 Å². The van der Waals surface area contributed by atoms with Crippen molar-refractivity contribution in [3.63, 3.8) is 0 Å². The molecule has 0 bridgehead atoms. The molecule has 0 spiro atoms. The molecule has 21 heavy (non-hydrogen) atoms. The fourth-order valence-electron chi connectivity index (χ4n) is 2.90. The van der Waals surface area contributed by atoms with Crippen molar-refractivity contribution in [3.8, 4) is 0 Å². The number of β-amino-alcohol motifs (C(OH)–C–C–N with tert-alkyl or cyclic N) is 1. The SMILES string of the molecule is Cc1cc(C)n(C2CN(CC(O)c3ccc(F)cc3)C2)n1. The van der Waals surface area contributed by atoms with Gasteiger partial charge in [-0.2, -0.15) is 5.10 Å². The van der Waals surface area contributed by atoms with Gasteiger partial charge in [-0.05, 0) is 37.6 Å². The molecule has 1 atom stereocenters. The Kier molecular flexibility index (Phi) is 3.78. The van der Waals surface area contributed by atoms with E-state index in [4.69, 9.17) is 0 Å². The number of benzene rings is 1. The van der Waals surface area contributed by atoms with Crippen LogP contribution in [0, 0.1) is 19.7 Å². The molecule has 5 heteroatoms. The molecule has 4 nitrogen and oxygen atoms in total. The molecular weight excluding hydrogens is 269 g/mol. The quantitative estimate of drug-likeness (QED) is 0.938. The van der Waals surface area contributed by atoms with Crippen LogP contribution in [-0.2, 0) is 0 Å². The molecule has 0 amide bonds. The van der Waals surface area contributed by atoms with Crippen LogP contribution < -0.4 is 0 Å². The van der Waals surface area contributed by atoms with Crippen LogP contribution in [0.2, 0.25) is 0 Å². The van der Waals surface area contributed by atoms with E-state index in [0.717, 1.165) is 24.3 Å². The van der Waals surface area contributed by atoms with Crippen LogP contribution in [-0.4, -0.2) is 39.4 Å². The van der Waals surface area contributed by atoms with Crippen molar-refractivity contribution in [1.29, 1.82) is 0 Å². The lowest BCUT2D eigenvalue weighted by atomic mass is 10.0. The van der Waals surface area contributed by atoms with Crippen molar-refractivity contribution >= 4 is 0 Å². The normalized spacial score (nSPS) is 17.7. The Morgan fingerprint density at radius 2 is 1.95 bits per heavy atom. The van der Waals surface area contributed by atoms with E-state index in [2.05, 4.69) is 27.7 Å². The number of hydrogen-bond acceptors (Lipinski definition) is 3. The van der Waals surface area contributed by atoms with Gasteiger partial charge < -0.3 is 5.11 Å². The highest BCUT2D eigenvalue weighted by Gasteiger charge is 2.31. The zero-order valence-corrected chi connectivity index (χ0v) is 12.3. The van der Waals surface area contributed by atoms with Gasteiger partial charge in [0.15, 0.2) is 0 Å². The summed E-state index contributed by atoms with van der Waals surface area (Å²) in [7, 11) is 0. The third-order valence-electron chi connectivity index (χ3n) is 4.01. The van der Waals surface area contributed by atoms with Crippen LogP contribution >= 0.6 is 0 Å². The minimum absolute atomic E-state index is 0.278. The van der Waals surface area contributed by atoms with Crippen LogP contribution in [0.15, 0.2) is 30.3 Å². The summed E-state index contributed by atoms with van der Waals surface area (Å²) in [5, 5.41) is 14.7. The number of aliphatic hydroxyl groups is 1. The van der Waals surface area contributed by atoms with Gasteiger partial charge in [-0.1, -0.05) is 12.1 Å². The van der Waals surface area contributed by atoms with Crippen LogP contribution in [0.5, 0.6) is 0 Å². The molecule has 112 valence electrons. The van der Waals surface area contributed by atoms with Gasteiger partial charge in [0.1, 0.15) is 5.82 Å². The van der Waals surface area contributed by atoms with Crippen LogP contribution in [0.1, 0.15) is 29.1 Å². The smallest absolute Gasteiger partial charge is 0.123 e. The molecule has 1 unspecified atom stereocenters. The summed E-state index contributed by atoms with van der Waals surface area (Å²) >= 11 is 0. The van der Waals surface area contributed by atoms with E-state index in [1.54, 1.807) is 12.1 Å². The molecule has 1 aromatic carbocycles. The lowest BCUT2D eigenvalue weighted by Crippen LogP contribution is -2.49. The molecule has 0 radical (unpaired) electrons. The first-order valence-electron chi connectivity index (χ1n) is 7.21. The second-order valence-corrected chi connectivity index (χ2v) is 5.81. The highest BCUT2D eigenvalue weighted by molar-refractivity contribution is 5.19. The molecular formula is C16H20FN3O. The number of hydrogen-bond donors (Lipinski definition) is 1. The van der Waals surface area contributed by atoms with Gasteiger partial charge in [-0.15, -0.1) is 0 Å². The third-order valence-corrected chi connectivity index (χ3v) is 4.01. The Hall–Kier alpha value is -1.72. The Bertz CT molecular complexity index is 617. The van der Waals surface area contributed by atoms with Crippen LogP contribution in [0.4, 0.5) is 4.39 Å². The number of aliphatic hydroxyl groups excluding tert-OH is 1. The zero-order chi connectivity index (χ0) is 15.0. The van der Waals surface area contributed by atoms with Gasteiger partial charge in [-0.3, -0.25) is 9.58 Å². The van der Waals surface area contributed by atoms with E-state index >= 15 is 0 Å². The van der Waals surface area contributed by atoms with E-state index in [1.807, 2.05) is 6.92 Å². The summed E-state index contributed by atoms with van der Waals surface area (Å²) in [4.78, 5) is 2.19. The van der Waals surface area contributed by atoms with E-state index < -0.39 is 6.10 Å². The molecule has 0 aliphatic carbocycles. The number of aryl methyl sites for hydroxylation is 2. The molecule has 2 heterocycles. The number of nitrogens with zero attached hydrogens (tertiary/aromatic N) is 3. The van der Waals surface area contributed by atoms with E-state index in [-0.39, 0.29) is 5.82 Å². The predicted molar refractivity (Wildman–Crippen MR) is 78.5 cm³/mol. The van der Waals surface area contributed by atoms with Crippen molar-refractivity contribution < 1.29 is 9.50 Å². The number of aromatic nitrogens is 2. The fourth-order valence-corrected chi connectivity index (χ4v) is 2.90. The van der Waals surface area contributed by atoms with E-state index in [1.165, 1.54) is 17.8 Å². The maximum atomic E-state index is 12.9. The highest BCUT2D eigenvalue weighted by atomic mass is 19.1. The van der Waals surface area contributed by atoms with Gasteiger partial charge >= 0.3 is 0 Å². The first kappa shape index (κ1) is 14.2. The Balaban J connectivity index is 1.55. The summed E-state index contributed by atoms with van der Waals surface area (Å²) < 4.78 is 14.9. The van der Waals surface area contributed by atoms with E-state index in [9.17, 15) is 9.50 Å². The lowest BCUT2D eigenvalue weighted by Gasteiger charge is -2.40. The van der Waals surface area contributed by atoms with Crippen molar-refractivity contribution in [3.05, 3.63) is 53.1 Å². The van der Waals surface area contributed by atoms with Crippen molar-refractivity contribution in [1.82, 2.24) is 14.7 Å². The highest BCUT2D eigenvalue weighted by Crippen LogP contribution is 2.25. The summed E-state index contributed by atoms with van der Waals surface area (Å²) in [6.45, 7) is 6.41. The Labute approximate surface area is 123 Å². The lowest BCUT2D eigenvalue weighted by molar-refractivity contribution is 0.0393. The average Bonchev–Trinajstić information content (AvgIpc) is 2.72. The number of likely N-dealkylation sites (tertiary alicyclic amines) is 1. The van der Waals surface area contributed by atoms with Crippen molar-refractivity contribution in [2.75, 3.05) is 19.6 Å². The minimum atomic E-state index is -0.577. The molecule has 1 aromatic heterocycles. The summed E-state index contributed by atoms with van der Waals surface area (Å²) in [5.74, 6) is -0.278.